The van der Waals surface area contributed by atoms with Crippen molar-refractivity contribution in [3.05, 3.63) is 34.9 Å². The summed E-state index contributed by atoms with van der Waals surface area (Å²) in [7, 11) is 0. The highest BCUT2D eigenvalue weighted by atomic mass is 35.5. The fourth-order valence-electron chi connectivity index (χ4n) is 4.79. The third-order valence-electron chi connectivity index (χ3n) is 6.63. The first-order valence-corrected chi connectivity index (χ1v) is 13.2. The number of hydrogen-bond donors (Lipinski definition) is 3. The van der Waals surface area contributed by atoms with Crippen molar-refractivity contribution in [2.24, 2.45) is 21.9 Å². The zero-order valence-corrected chi connectivity index (χ0v) is 22.7. The Morgan fingerprint density at radius 1 is 1.22 bits per heavy atom. The van der Waals surface area contributed by atoms with E-state index in [1.54, 1.807) is 0 Å². The number of benzene rings is 1. The number of ether oxygens (including phenoxy) is 1. The highest BCUT2D eigenvalue weighted by Crippen LogP contribution is 2.26. The van der Waals surface area contributed by atoms with Crippen LogP contribution in [-0.2, 0) is 20.7 Å². The number of likely N-dealkylation sites (tertiary alicyclic amines) is 1. The molecule has 2 saturated heterocycles. The van der Waals surface area contributed by atoms with Crippen molar-refractivity contribution in [2.75, 3.05) is 32.8 Å². The van der Waals surface area contributed by atoms with Crippen LogP contribution in [0, 0.1) is 5.92 Å². The Hall–Kier alpha value is -2.69. The van der Waals surface area contributed by atoms with E-state index < -0.39 is 12.1 Å². The molecule has 10 nitrogen and oxygen atoms in total. The van der Waals surface area contributed by atoms with Crippen LogP contribution in [0.3, 0.4) is 0 Å². The van der Waals surface area contributed by atoms with E-state index in [4.69, 9.17) is 32.0 Å². The average molecular weight is 535 g/mol. The molecule has 1 aromatic carbocycles. The van der Waals surface area contributed by atoms with Gasteiger partial charge in [0, 0.05) is 50.2 Å². The van der Waals surface area contributed by atoms with Gasteiger partial charge in [-0.15, -0.1) is 10.2 Å². The standard InChI is InChI=1S/C24H35ClN6O2.C2H4O2/c1-16(2)13-27-24(32)21-14-31(20(15-33-21)11-17-3-5-18(25)6-4-17)19-7-9-30(10-8-19)23-12-22(26)28-29-23;1-2(3)4/h3-6,16,19-21H,7-15H2,1-2H3,(H2,26,28)(H,27,32);1H3,(H,3,4)/t20-,21+;/m0./s1. The van der Waals surface area contributed by atoms with Gasteiger partial charge < -0.3 is 25.8 Å². The molecule has 0 unspecified atom stereocenters. The molecule has 3 aliphatic heterocycles. The van der Waals surface area contributed by atoms with Crippen LogP contribution < -0.4 is 11.1 Å². The number of rotatable bonds is 6. The number of halogens is 1. The Labute approximate surface area is 223 Å². The summed E-state index contributed by atoms with van der Waals surface area (Å²) < 4.78 is 6.08. The van der Waals surface area contributed by atoms with Crippen LogP contribution in [0.1, 0.15) is 45.6 Å². The highest BCUT2D eigenvalue weighted by molar-refractivity contribution is 6.30. The number of carbonyl (C=O) groups is 2. The van der Waals surface area contributed by atoms with Gasteiger partial charge in [0.25, 0.3) is 5.97 Å². The summed E-state index contributed by atoms with van der Waals surface area (Å²) >= 11 is 6.08. The second kappa shape index (κ2) is 13.7. The zero-order chi connectivity index (χ0) is 26.9. The van der Waals surface area contributed by atoms with Gasteiger partial charge in [-0.2, -0.15) is 0 Å². The van der Waals surface area contributed by atoms with Crippen LogP contribution >= 0.6 is 11.6 Å². The Bertz CT molecular complexity index is 972. The van der Waals surface area contributed by atoms with Crippen molar-refractivity contribution < 1.29 is 19.4 Å². The van der Waals surface area contributed by atoms with Gasteiger partial charge in [-0.05, 0) is 42.9 Å². The first-order valence-electron chi connectivity index (χ1n) is 12.8. The number of nitrogens with one attached hydrogen (secondary N) is 1. The normalized spacial score (nSPS) is 22.7. The fraction of sp³-hybridized carbons (Fsp3) is 0.615. The van der Waals surface area contributed by atoms with E-state index in [2.05, 4.69) is 51.3 Å². The molecule has 3 heterocycles. The van der Waals surface area contributed by atoms with E-state index >= 15 is 0 Å². The van der Waals surface area contributed by atoms with Crippen LogP contribution in [0.4, 0.5) is 0 Å². The number of carboxylic acids is 1. The average Bonchev–Trinajstić information content (AvgIpc) is 3.30. The number of aliphatic carboxylic acids is 1. The molecule has 2 fully saturated rings. The quantitative estimate of drug-likeness (QED) is 0.510. The molecular weight excluding hydrogens is 496 g/mol. The lowest BCUT2D eigenvalue weighted by Crippen LogP contribution is -2.60. The van der Waals surface area contributed by atoms with Gasteiger partial charge in [-0.1, -0.05) is 37.6 Å². The first-order chi connectivity index (χ1) is 17.6. The van der Waals surface area contributed by atoms with Gasteiger partial charge in [0.15, 0.2) is 0 Å². The van der Waals surface area contributed by atoms with Crippen LogP contribution in [0.15, 0.2) is 34.5 Å². The van der Waals surface area contributed by atoms with Crippen molar-refractivity contribution >= 4 is 35.1 Å². The maximum absolute atomic E-state index is 12.8. The van der Waals surface area contributed by atoms with E-state index in [9.17, 15) is 4.79 Å². The van der Waals surface area contributed by atoms with Crippen molar-refractivity contribution in [1.82, 2.24) is 15.1 Å². The minimum absolute atomic E-state index is 0.0102. The Morgan fingerprint density at radius 3 is 2.43 bits per heavy atom. The molecular formula is C26H39ClN6O4. The number of nitrogens with zero attached hydrogens (tertiary/aromatic N) is 4. The lowest BCUT2D eigenvalue weighted by molar-refractivity contribution is -0.145. The van der Waals surface area contributed by atoms with Crippen LogP contribution in [0.25, 0.3) is 0 Å². The summed E-state index contributed by atoms with van der Waals surface area (Å²) in [5.41, 5.74) is 7.03. The number of amidine groups is 2. The van der Waals surface area contributed by atoms with Crippen LogP contribution in [-0.4, -0.2) is 89.4 Å². The first kappa shape index (κ1) is 28.9. The van der Waals surface area contributed by atoms with E-state index in [1.807, 2.05) is 12.1 Å². The predicted molar refractivity (Wildman–Crippen MR) is 145 cm³/mol. The maximum Gasteiger partial charge on any atom is 0.300 e. The van der Waals surface area contributed by atoms with Crippen molar-refractivity contribution in [2.45, 2.75) is 64.6 Å². The van der Waals surface area contributed by atoms with Gasteiger partial charge in [-0.3, -0.25) is 14.5 Å². The molecule has 0 saturated carbocycles. The van der Waals surface area contributed by atoms with Gasteiger partial charge >= 0.3 is 0 Å². The van der Waals surface area contributed by atoms with E-state index in [-0.39, 0.29) is 11.9 Å². The smallest absolute Gasteiger partial charge is 0.300 e. The molecule has 0 aliphatic carbocycles. The second-order valence-electron chi connectivity index (χ2n) is 10.2. The number of amides is 1. The van der Waals surface area contributed by atoms with E-state index in [0.717, 1.165) is 50.1 Å². The minimum atomic E-state index is -0.833. The molecule has 0 spiro atoms. The van der Waals surface area contributed by atoms with Crippen molar-refractivity contribution in [3.8, 4) is 0 Å². The summed E-state index contributed by atoms with van der Waals surface area (Å²) in [5, 5.41) is 19.4. The summed E-state index contributed by atoms with van der Waals surface area (Å²) in [5.74, 6) is 1.12. The van der Waals surface area contributed by atoms with Crippen molar-refractivity contribution in [3.63, 3.8) is 0 Å². The molecule has 2 atom stereocenters. The third kappa shape index (κ3) is 8.98. The molecule has 37 heavy (non-hydrogen) atoms. The number of carboxylic acid groups (broad SMARTS) is 1. The number of nitrogens with two attached hydrogens (primary N) is 1. The number of morpholine rings is 1. The molecule has 3 aliphatic rings. The SMILES string of the molecule is CC(=O)O.CC(C)CNC(=O)[C@H]1CN(C2CCN(C3=NN=C(N)C3)CC2)[C@@H](Cc2ccc(Cl)cc2)CO1. The minimum Gasteiger partial charge on any atom is -0.481 e. The molecule has 0 aromatic heterocycles. The van der Waals surface area contributed by atoms with Gasteiger partial charge in [0.05, 0.1) is 13.0 Å². The lowest BCUT2D eigenvalue weighted by Gasteiger charge is -2.46. The lowest BCUT2D eigenvalue weighted by atomic mass is 9.96. The van der Waals surface area contributed by atoms with Gasteiger partial charge in [-0.25, -0.2) is 0 Å². The molecule has 4 N–H and O–H groups in total. The molecule has 1 amide bonds. The number of hydrogen-bond acceptors (Lipinski definition) is 8. The van der Waals surface area contributed by atoms with Crippen molar-refractivity contribution in [1.29, 1.82) is 0 Å². The van der Waals surface area contributed by atoms with Gasteiger partial charge in [0.1, 0.15) is 17.8 Å². The predicted octanol–water partition coefficient (Wildman–Crippen LogP) is 2.35. The summed E-state index contributed by atoms with van der Waals surface area (Å²) in [6.45, 7) is 8.93. The highest BCUT2D eigenvalue weighted by Gasteiger charge is 2.38. The molecule has 0 bridgehead atoms. The number of piperidine rings is 1. The van der Waals surface area contributed by atoms with E-state index in [0.29, 0.717) is 43.9 Å². The molecule has 0 radical (unpaired) electrons. The molecule has 204 valence electrons. The molecule has 4 rings (SSSR count). The maximum atomic E-state index is 12.8. The summed E-state index contributed by atoms with van der Waals surface area (Å²) in [6, 6.07) is 8.63. The van der Waals surface area contributed by atoms with Crippen LogP contribution in [0.5, 0.6) is 0 Å². The topological polar surface area (TPSA) is 133 Å². The number of carbonyl (C=O) groups excluding carboxylic acids is 1. The monoisotopic (exact) mass is 534 g/mol. The van der Waals surface area contributed by atoms with Crippen LogP contribution in [0.2, 0.25) is 5.02 Å². The zero-order valence-electron chi connectivity index (χ0n) is 21.9. The van der Waals surface area contributed by atoms with Gasteiger partial charge in [0.2, 0.25) is 5.91 Å². The summed E-state index contributed by atoms with van der Waals surface area (Å²) in [4.78, 5) is 26.6. The fourth-order valence-corrected chi connectivity index (χ4v) is 4.92. The summed E-state index contributed by atoms with van der Waals surface area (Å²) in [6.07, 6.45) is 3.09. The molecule has 11 heteroatoms. The molecule has 1 aromatic rings. The largest absolute Gasteiger partial charge is 0.481 e. The second-order valence-corrected chi connectivity index (χ2v) is 10.6. The Kier molecular flexibility index (Phi) is 10.7. The Balaban J connectivity index is 0.000000886. The third-order valence-corrected chi connectivity index (χ3v) is 6.88. The Morgan fingerprint density at radius 2 is 1.86 bits per heavy atom. The van der Waals surface area contributed by atoms with E-state index in [1.165, 1.54) is 5.56 Å².